The topological polar surface area (TPSA) is 70.2 Å². The van der Waals surface area contributed by atoms with Crippen LogP contribution in [0, 0.1) is 5.92 Å². The van der Waals surface area contributed by atoms with Gasteiger partial charge in [-0.05, 0) is 51.6 Å². The molecule has 1 unspecified atom stereocenters. The van der Waals surface area contributed by atoms with E-state index in [1.807, 2.05) is 6.92 Å². The minimum Gasteiger partial charge on any atom is -0.317 e. The molecule has 6 heteroatoms. The van der Waals surface area contributed by atoms with Crippen LogP contribution in [-0.4, -0.2) is 33.6 Å². The molecule has 94 valence electrons. The average molecular weight is 247 g/mol. The maximum Gasteiger partial charge on any atom is 0.277 e. The lowest BCUT2D eigenvalue weighted by molar-refractivity contribution is 0.315. The molecule has 2 rings (SSSR count). The van der Waals surface area contributed by atoms with Gasteiger partial charge in [-0.1, -0.05) is 0 Å². The Balaban J connectivity index is 1.82. The van der Waals surface area contributed by atoms with Crippen LogP contribution in [0.3, 0.4) is 0 Å². The standard InChI is InChI=1S/C10H21N3O2S/c1-8(9-4-6-11-7-5-9)12-16(14,15)13-10-2-3-10/h8-13H,2-7H2,1H3. The molecule has 1 heterocycles. The summed E-state index contributed by atoms with van der Waals surface area (Å²) in [5.74, 6) is 0.456. The Kier molecular flexibility index (Phi) is 3.84. The number of rotatable bonds is 5. The molecule has 1 saturated carbocycles. The second-order valence-corrected chi connectivity index (χ2v) is 6.37. The second kappa shape index (κ2) is 5.00. The molecule has 1 atom stereocenters. The molecule has 0 aromatic heterocycles. The van der Waals surface area contributed by atoms with Crippen molar-refractivity contribution in [2.24, 2.45) is 5.92 Å². The van der Waals surface area contributed by atoms with E-state index in [-0.39, 0.29) is 12.1 Å². The molecule has 16 heavy (non-hydrogen) atoms. The molecule has 0 aromatic rings. The Morgan fingerprint density at radius 3 is 2.38 bits per heavy atom. The van der Waals surface area contributed by atoms with E-state index >= 15 is 0 Å². The van der Waals surface area contributed by atoms with Gasteiger partial charge < -0.3 is 5.32 Å². The van der Waals surface area contributed by atoms with Gasteiger partial charge in [-0.3, -0.25) is 0 Å². The van der Waals surface area contributed by atoms with Crippen molar-refractivity contribution in [2.45, 2.75) is 44.7 Å². The predicted octanol–water partition coefficient (Wildman–Crippen LogP) is -0.0391. The fraction of sp³-hybridized carbons (Fsp3) is 1.00. The van der Waals surface area contributed by atoms with Crippen molar-refractivity contribution in [3.8, 4) is 0 Å². The van der Waals surface area contributed by atoms with Crippen LogP contribution in [0.25, 0.3) is 0 Å². The van der Waals surface area contributed by atoms with E-state index in [1.165, 1.54) is 0 Å². The molecule has 0 radical (unpaired) electrons. The Morgan fingerprint density at radius 1 is 1.19 bits per heavy atom. The highest BCUT2D eigenvalue weighted by Crippen LogP contribution is 2.20. The summed E-state index contributed by atoms with van der Waals surface area (Å²) < 4.78 is 28.8. The fourth-order valence-electron chi connectivity index (χ4n) is 2.14. The fourth-order valence-corrected chi connectivity index (χ4v) is 3.56. The molecule has 1 saturated heterocycles. The Labute approximate surface area is 97.6 Å². The van der Waals surface area contributed by atoms with Crippen molar-refractivity contribution in [2.75, 3.05) is 13.1 Å². The summed E-state index contributed by atoms with van der Waals surface area (Å²) in [5.41, 5.74) is 0. The molecular formula is C10H21N3O2S. The van der Waals surface area contributed by atoms with Gasteiger partial charge in [-0.2, -0.15) is 17.9 Å². The summed E-state index contributed by atoms with van der Waals surface area (Å²) in [7, 11) is -3.29. The first-order chi connectivity index (χ1) is 7.57. The average Bonchev–Trinajstić information content (AvgIpc) is 3.01. The summed E-state index contributed by atoms with van der Waals surface area (Å²) in [6, 6.07) is 0.205. The van der Waals surface area contributed by atoms with E-state index in [4.69, 9.17) is 0 Å². The molecular weight excluding hydrogens is 226 g/mol. The van der Waals surface area contributed by atoms with Crippen LogP contribution in [0.5, 0.6) is 0 Å². The van der Waals surface area contributed by atoms with Crippen LogP contribution in [0.2, 0.25) is 0 Å². The molecule has 0 spiro atoms. The molecule has 5 nitrogen and oxygen atoms in total. The summed E-state index contributed by atoms with van der Waals surface area (Å²) in [6.07, 6.45) is 4.05. The minimum absolute atomic E-state index is 0.0262. The van der Waals surface area contributed by atoms with Gasteiger partial charge in [-0.25, -0.2) is 0 Å². The predicted molar refractivity (Wildman–Crippen MR) is 63.3 cm³/mol. The van der Waals surface area contributed by atoms with Gasteiger partial charge in [0.05, 0.1) is 0 Å². The van der Waals surface area contributed by atoms with E-state index in [0.717, 1.165) is 38.8 Å². The number of hydrogen-bond acceptors (Lipinski definition) is 3. The third-order valence-electron chi connectivity index (χ3n) is 3.33. The smallest absolute Gasteiger partial charge is 0.277 e. The third-order valence-corrected chi connectivity index (χ3v) is 4.66. The Hall–Kier alpha value is -0.170. The first kappa shape index (κ1) is 12.3. The Morgan fingerprint density at radius 2 is 1.81 bits per heavy atom. The Bertz CT molecular complexity index is 321. The van der Waals surface area contributed by atoms with Crippen LogP contribution in [-0.2, 0) is 10.2 Å². The van der Waals surface area contributed by atoms with Gasteiger partial charge in [-0.15, -0.1) is 0 Å². The first-order valence-corrected chi connectivity index (χ1v) is 7.55. The van der Waals surface area contributed by atoms with Gasteiger partial charge in [0.1, 0.15) is 0 Å². The third kappa shape index (κ3) is 3.69. The molecule has 1 aliphatic carbocycles. The van der Waals surface area contributed by atoms with Gasteiger partial charge in [0.15, 0.2) is 0 Å². The highest BCUT2D eigenvalue weighted by Gasteiger charge is 2.29. The van der Waals surface area contributed by atoms with E-state index < -0.39 is 10.2 Å². The van der Waals surface area contributed by atoms with Crippen LogP contribution >= 0.6 is 0 Å². The maximum absolute atomic E-state index is 11.7. The van der Waals surface area contributed by atoms with Gasteiger partial charge in [0.2, 0.25) is 0 Å². The largest absolute Gasteiger partial charge is 0.317 e. The SMILES string of the molecule is CC(NS(=O)(=O)NC1CC1)C1CCNCC1. The zero-order chi connectivity index (χ0) is 11.6. The van der Waals surface area contributed by atoms with E-state index in [2.05, 4.69) is 14.8 Å². The van der Waals surface area contributed by atoms with Crippen molar-refractivity contribution < 1.29 is 8.42 Å². The zero-order valence-corrected chi connectivity index (χ0v) is 10.5. The highest BCUT2D eigenvalue weighted by atomic mass is 32.2. The van der Waals surface area contributed by atoms with Crippen molar-refractivity contribution in [3.63, 3.8) is 0 Å². The van der Waals surface area contributed by atoms with Crippen LogP contribution in [0.4, 0.5) is 0 Å². The monoisotopic (exact) mass is 247 g/mol. The number of piperidine rings is 1. The molecule has 2 fully saturated rings. The maximum atomic E-state index is 11.7. The van der Waals surface area contributed by atoms with Crippen LogP contribution in [0.15, 0.2) is 0 Å². The number of hydrogen-bond donors (Lipinski definition) is 3. The first-order valence-electron chi connectivity index (χ1n) is 6.07. The van der Waals surface area contributed by atoms with Gasteiger partial charge in [0, 0.05) is 12.1 Å². The summed E-state index contributed by atoms with van der Waals surface area (Å²) >= 11 is 0. The highest BCUT2D eigenvalue weighted by molar-refractivity contribution is 7.87. The minimum atomic E-state index is -3.29. The zero-order valence-electron chi connectivity index (χ0n) is 9.70. The molecule has 0 aromatic carbocycles. The summed E-state index contributed by atoms with van der Waals surface area (Å²) in [5, 5.41) is 3.28. The lowest BCUT2D eigenvalue weighted by atomic mass is 9.92. The van der Waals surface area contributed by atoms with E-state index in [0.29, 0.717) is 5.92 Å². The molecule has 1 aliphatic heterocycles. The van der Waals surface area contributed by atoms with E-state index in [1.54, 1.807) is 0 Å². The lowest BCUT2D eigenvalue weighted by Gasteiger charge is -2.28. The number of nitrogens with one attached hydrogen (secondary N) is 3. The van der Waals surface area contributed by atoms with E-state index in [9.17, 15) is 8.42 Å². The van der Waals surface area contributed by atoms with Crippen molar-refractivity contribution in [3.05, 3.63) is 0 Å². The lowest BCUT2D eigenvalue weighted by Crippen LogP contribution is -2.47. The summed E-state index contributed by atoms with van der Waals surface area (Å²) in [4.78, 5) is 0. The van der Waals surface area contributed by atoms with Crippen molar-refractivity contribution >= 4 is 10.2 Å². The normalized spacial score (nSPS) is 25.6. The van der Waals surface area contributed by atoms with Crippen LogP contribution in [0.1, 0.15) is 32.6 Å². The molecule has 3 N–H and O–H groups in total. The van der Waals surface area contributed by atoms with Gasteiger partial charge >= 0.3 is 0 Å². The van der Waals surface area contributed by atoms with Crippen molar-refractivity contribution in [1.29, 1.82) is 0 Å². The molecule has 2 aliphatic rings. The molecule has 0 bridgehead atoms. The summed E-state index contributed by atoms with van der Waals surface area (Å²) in [6.45, 7) is 3.95. The second-order valence-electron chi connectivity index (χ2n) is 4.89. The van der Waals surface area contributed by atoms with Gasteiger partial charge in [0.25, 0.3) is 10.2 Å². The van der Waals surface area contributed by atoms with Crippen LogP contribution < -0.4 is 14.8 Å². The quantitative estimate of drug-likeness (QED) is 0.638. The molecule has 0 amide bonds. The van der Waals surface area contributed by atoms with Crippen molar-refractivity contribution in [1.82, 2.24) is 14.8 Å².